The van der Waals surface area contributed by atoms with Crippen molar-refractivity contribution in [3.8, 4) is 11.4 Å². The Morgan fingerprint density at radius 1 is 1.14 bits per heavy atom. The van der Waals surface area contributed by atoms with E-state index in [0.717, 1.165) is 36.3 Å². The summed E-state index contributed by atoms with van der Waals surface area (Å²) in [6.45, 7) is 0.00560. The van der Waals surface area contributed by atoms with Crippen molar-refractivity contribution in [1.82, 2.24) is 19.4 Å². The van der Waals surface area contributed by atoms with Crippen molar-refractivity contribution in [1.29, 1.82) is 0 Å². The second-order valence-electron chi connectivity index (χ2n) is 9.58. The quantitative estimate of drug-likeness (QED) is 0.431. The van der Waals surface area contributed by atoms with Crippen LogP contribution in [0.25, 0.3) is 16.6 Å². The monoisotopic (exact) mass is 494 g/mol. The van der Waals surface area contributed by atoms with Crippen LogP contribution < -0.4 is 15.6 Å². The van der Waals surface area contributed by atoms with Gasteiger partial charge in [0.05, 0.1) is 11.2 Å². The number of alkyl halides is 3. The Labute approximate surface area is 205 Å². The molecule has 1 fully saturated rings. The van der Waals surface area contributed by atoms with E-state index in [1.165, 1.54) is 41.6 Å². The molecule has 3 aromatic heterocycles. The zero-order valence-electron chi connectivity index (χ0n) is 19.7. The molecule has 0 radical (unpaired) electrons. The SMILES string of the molecule is Cn1c2c(c3ccc(-n4ccc(OCc5ccc(C(F)(F)F)nc5)cc4=O)cc31)C1CCCC(C2)N1. The molecule has 6 nitrogen and oxygen atoms in total. The summed E-state index contributed by atoms with van der Waals surface area (Å²) in [6.07, 6.45) is 2.92. The molecule has 1 saturated heterocycles. The van der Waals surface area contributed by atoms with Crippen molar-refractivity contribution in [2.24, 2.45) is 7.05 Å². The predicted octanol–water partition coefficient (Wildman–Crippen LogP) is 5.06. The third-order valence-corrected chi connectivity index (χ3v) is 7.31. The molecule has 9 heteroatoms. The van der Waals surface area contributed by atoms with Crippen molar-refractivity contribution in [2.45, 2.75) is 50.6 Å². The van der Waals surface area contributed by atoms with Crippen LogP contribution >= 0.6 is 0 Å². The number of piperidine rings is 1. The molecule has 2 atom stereocenters. The van der Waals surface area contributed by atoms with Crippen LogP contribution in [-0.4, -0.2) is 20.2 Å². The highest BCUT2D eigenvalue weighted by Gasteiger charge is 2.34. The van der Waals surface area contributed by atoms with E-state index in [1.54, 1.807) is 16.8 Å². The molecule has 0 amide bonds. The summed E-state index contributed by atoms with van der Waals surface area (Å²) in [6, 6.07) is 12.3. The number of aromatic nitrogens is 3. The van der Waals surface area contributed by atoms with Crippen molar-refractivity contribution in [3.63, 3.8) is 0 Å². The van der Waals surface area contributed by atoms with Crippen LogP contribution in [-0.2, 0) is 26.3 Å². The Morgan fingerprint density at radius 3 is 2.75 bits per heavy atom. The van der Waals surface area contributed by atoms with Gasteiger partial charge in [0, 0.05) is 60.7 Å². The number of rotatable bonds is 4. The summed E-state index contributed by atoms with van der Waals surface area (Å²) in [5.74, 6) is 0.338. The van der Waals surface area contributed by atoms with Crippen molar-refractivity contribution >= 4 is 10.9 Å². The van der Waals surface area contributed by atoms with E-state index in [2.05, 4.69) is 28.0 Å². The number of benzene rings is 1. The third-order valence-electron chi connectivity index (χ3n) is 7.31. The van der Waals surface area contributed by atoms with Crippen molar-refractivity contribution in [3.05, 3.63) is 87.7 Å². The summed E-state index contributed by atoms with van der Waals surface area (Å²) in [5.41, 5.74) is 3.91. The lowest BCUT2D eigenvalue weighted by Crippen LogP contribution is -2.42. The zero-order valence-corrected chi connectivity index (χ0v) is 19.7. The Bertz CT molecular complexity index is 1500. The van der Waals surface area contributed by atoms with E-state index < -0.39 is 11.9 Å². The first-order chi connectivity index (χ1) is 17.3. The van der Waals surface area contributed by atoms with Crippen molar-refractivity contribution in [2.75, 3.05) is 0 Å². The molecule has 2 aliphatic heterocycles. The van der Waals surface area contributed by atoms with Crippen LogP contribution in [0.4, 0.5) is 13.2 Å². The number of halogens is 3. The molecule has 2 aliphatic rings. The van der Waals surface area contributed by atoms with Gasteiger partial charge in [-0.3, -0.25) is 14.3 Å². The third kappa shape index (κ3) is 3.97. The summed E-state index contributed by atoms with van der Waals surface area (Å²) < 4.78 is 47.5. The van der Waals surface area contributed by atoms with Gasteiger partial charge in [0.25, 0.3) is 5.56 Å². The normalized spacial score (nSPS) is 19.3. The van der Waals surface area contributed by atoms with E-state index in [-0.39, 0.29) is 12.2 Å². The van der Waals surface area contributed by atoms with Crippen LogP contribution in [0.2, 0.25) is 0 Å². The highest BCUT2D eigenvalue weighted by atomic mass is 19.4. The highest BCUT2D eigenvalue weighted by Crippen LogP contribution is 2.40. The minimum atomic E-state index is -4.48. The average molecular weight is 495 g/mol. The number of fused-ring (bicyclic) bond motifs is 6. The molecular formula is C27H25F3N4O2. The highest BCUT2D eigenvalue weighted by molar-refractivity contribution is 5.88. The number of aryl methyl sites for hydroxylation is 1. The van der Waals surface area contributed by atoms with Crippen LogP contribution in [0, 0.1) is 0 Å². The topological polar surface area (TPSA) is 61.1 Å². The van der Waals surface area contributed by atoms with Gasteiger partial charge in [-0.15, -0.1) is 0 Å². The van der Waals surface area contributed by atoms with E-state index in [9.17, 15) is 18.0 Å². The molecular weight excluding hydrogens is 469 g/mol. The number of hydrogen-bond acceptors (Lipinski definition) is 4. The van der Waals surface area contributed by atoms with E-state index >= 15 is 0 Å². The van der Waals surface area contributed by atoms with Crippen molar-refractivity contribution < 1.29 is 17.9 Å². The minimum absolute atomic E-state index is 0.00560. The lowest BCUT2D eigenvalue weighted by Gasteiger charge is -2.36. The van der Waals surface area contributed by atoms with Gasteiger partial charge in [-0.1, -0.05) is 12.1 Å². The molecule has 2 bridgehead atoms. The van der Waals surface area contributed by atoms with Gasteiger partial charge in [0.2, 0.25) is 0 Å². The maximum absolute atomic E-state index is 12.9. The molecule has 2 unspecified atom stereocenters. The number of nitrogens with zero attached hydrogens (tertiary/aromatic N) is 3. The smallest absolute Gasteiger partial charge is 0.433 e. The maximum atomic E-state index is 12.9. The lowest BCUT2D eigenvalue weighted by atomic mass is 9.84. The number of ether oxygens (including phenoxy) is 1. The molecule has 4 aromatic rings. The molecule has 1 N–H and O–H groups in total. The summed E-state index contributed by atoms with van der Waals surface area (Å²) in [7, 11) is 2.10. The second-order valence-corrected chi connectivity index (χ2v) is 9.58. The van der Waals surface area contributed by atoms with Crippen LogP contribution in [0.3, 0.4) is 0 Å². The summed E-state index contributed by atoms with van der Waals surface area (Å²) in [4.78, 5) is 16.3. The van der Waals surface area contributed by atoms with E-state index in [0.29, 0.717) is 23.4 Å². The molecule has 0 spiro atoms. The molecule has 1 aromatic carbocycles. The zero-order chi connectivity index (χ0) is 25.0. The fraction of sp³-hybridized carbons (Fsp3) is 0.333. The number of nitrogens with one attached hydrogen (secondary N) is 1. The van der Waals surface area contributed by atoms with Crippen LogP contribution in [0.15, 0.2) is 59.7 Å². The second kappa shape index (κ2) is 8.51. The average Bonchev–Trinajstić information content (AvgIpc) is 3.14. The molecule has 0 saturated carbocycles. The Hall–Kier alpha value is -3.59. The fourth-order valence-corrected chi connectivity index (χ4v) is 5.54. The Kier molecular flexibility index (Phi) is 5.40. The number of hydrogen-bond donors (Lipinski definition) is 1. The Balaban J connectivity index is 1.24. The predicted molar refractivity (Wildman–Crippen MR) is 129 cm³/mol. The first-order valence-electron chi connectivity index (χ1n) is 12.0. The molecule has 36 heavy (non-hydrogen) atoms. The van der Waals surface area contributed by atoms with Gasteiger partial charge >= 0.3 is 6.18 Å². The summed E-state index contributed by atoms with van der Waals surface area (Å²) >= 11 is 0. The standard InChI is InChI=1S/C27H25F3N4O2/c1-33-22-12-18(6-7-20(22)26-21-4-2-3-17(32-21)11-23(26)33)34-10-9-19(13-25(34)35)36-15-16-5-8-24(31-14-16)27(28,29)30/h5-10,12-14,17,21,32H,2-4,11,15H2,1H3. The first-order valence-corrected chi connectivity index (χ1v) is 12.0. The van der Waals surface area contributed by atoms with Crippen LogP contribution in [0.1, 0.15) is 47.8 Å². The molecule has 5 heterocycles. The number of pyridine rings is 2. The maximum Gasteiger partial charge on any atom is 0.433 e. The van der Waals surface area contributed by atoms with Gasteiger partial charge in [-0.2, -0.15) is 13.2 Å². The first kappa shape index (κ1) is 22.8. The van der Waals surface area contributed by atoms with Gasteiger partial charge < -0.3 is 14.6 Å². The van der Waals surface area contributed by atoms with E-state index in [4.69, 9.17) is 4.74 Å². The summed E-state index contributed by atoms with van der Waals surface area (Å²) in [5, 5.41) is 5.00. The molecule has 0 aliphatic carbocycles. The molecule has 6 rings (SSSR count). The van der Waals surface area contributed by atoms with Gasteiger partial charge in [0.1, 0.15) is 18.1 Å². The van der Waals surface area contributed by atoms with E-state index in [1.807, 2.05) is 12.1 Å². The minimum Gasteiger partial charge on any atom is -0.489 e. The Morgan fingerprint density at radius 2 is 2.00 bits per heavy atom. The van der Waals surface area contributed by atoms with Gasteiger partial charge in [-0.05, 0) is 49.1 Å². The fourth-order valence-electron chi connectivity index (χ4n) is 5.54. The van der Waals surface area contributed by atoms with Gasteiger partial charge in [0.15, 0.2) is 0 Å². The van der Waals surface area contributed by atoms with Crippen LogP contribution in [0.5, 0.6) is 5.75 Å². The van der Waals surface area contributed by atoms with Gasteiger partial charge in [-0.25, -0.2) is 0 Å². The lowest BCUT2D eigenvalue weighted by molar-refractivity contribution is -0.141. The largest absolute Gasteiger partial charge is 0.489 e. The molecule has 186 valence electrons.